The van der Waals surface area contributed by atoms with Gasteiger partial charge in [0.25, 0.3) is 0 Å². The van der Waals surface area contributed by atoms with Gasteiger partial charge in [-0.1, -0.05) is 6.92 Å². The molecule has 4 nitrogen and oxygen atoms in total. The smallest absolute Gasteiger partial charge is 0.225 e. The number of rotatable bonds is 4. The first-order chi connectivity index (χ1) is 7.07. The highest BCUT2D eigenvalue weighted by atomic mass is 16.2. The molecule has 0 spiro atoms. The number of carbonyl (C=O) groups excluding carboxylic acids is 1. The van der Waals surface area contributed by atoms with Crippen LogP contribution in [0.3, 0.4) is 0 Å². The van der Waals surface area contributed by atoms with Gasteiger partial charge in [-0.15, -0.1) is 0 Å². The fourth-order valence-corrected chi connectivity index (χ4v) is 1.67. The second-order valence-electron chi connectivity index (χ2n) is 4.37. The summed E-state index contributed by atoms with van der Waals surface area (Å²) >= 11 is 0. The van der Waals surface area contributed by atoms with E-state index >= 15 is 0 Å². The van der Waals surface area contributed by atoms with Crippen molar-refractivity contribution in [1.82, 2.24) is 10.2 Å². The Morgan fingerprint density at radius 3 is 2.60 bits per heavy atom. The zero-order valence-electron chi connectivity index (χ0n) is 9.66. The van der Waals surface area contributed by atoms with E-state index in [2.05, 4.69) is 11.4 Å². The van der Waals surface area contributed by atoms with Crippen molar-refractivity contribution in [2.75, 3.05) is 20.1 Å². The standard InChI is InChI=1S/C11H19N3O/c1-8(4-5-12)14(3)11(15)9(2)10-6-13-7-10/h8-10,13H,4,6-7H2,1-3H3. The van der Waals surface area contributed by atoms with Gasteiger partial charge in [-0.2, -0.15) is 5.26 Å². The minimum atomic E-state index is 0.0120. The van der Waals surface area contributed by atoms with Crippen LogP contribution in [0.5, 0.6) is 0 Å². The zero-order chi connectivity index (χ0) is 11.4. The Balaban J connectivity index is 2.47. The van der Waals surface area contributed by atoms with Gasteiger partial charge in [-0.05, 0) is 25.9 Å². The largest absolute Gasteiger partial charge is 0.342 e. The Morgan fingerprint density at radius 1 is 1.60 bits per heavy atom. The number of nitriles is 1. The Morgan fingerprint density at radius 2 is 2.20 bits per heavy atom. The third kappa shape index (κ3) is 2.69. The molecule has 0 bridgehead atoms. The number of amides is 1. The lowest BCUT2D eigenvalue weighted by molar-refractivity contribution is -0.137. The summed E-state index contributed by atoms with van der Waals surface area (Å²) in [5.74, 6) is 0.691. The summed E-state index contributed by atoms with van der Waals surface area (Å²) in [6.45, 7) is 5.76. The summed E-state index contributed by atoms with van der Waals surface area (Å²) < 4.78 is 0. The normalized spacial score (nSPS) is 19.9. The molecule has 0 radical (unpaired) electrons. The minimum Gasteiger partial charge on any atom is -0.342 e. The second-order valence-corrected chi connectivity index (χ2v) is 4.37. The third-order valence-corrected chi connectivity index (χ3v) is 3.31. The molecule has 2 unspecified atom stereocenters. The molecule has 0 aromatic heterocycles. The summed E-state index contributed by atoms with van der Waals surface area (Å²) in [4.78, 5) is 13.7. The van der Waals surface area contributed by atoms with Crippen LogP contribution < -0.4 is 5.32 Å². The first kappa shape index (κ1) is 12.0. The van der Waals surface area contributed by atoms with Crippen LogP contribution in [0.1, 0.15) is 20.3 Å². The summed E-state index contributed by atoms with van der Waals surface area (Å²) in [6.07, 6.45) is 0.401. The number of carbonyl (C=O) groups is 1. The van der Waals surface area contributed by atoms with E-state index in [0.717, 1.165) is 13.1 Å². The molecule has 1 saturated heterocycles. The van der Waals surface area contributed by atoms with Crippen LogP contribution in [0.4, 0.5) is 0 Å². The molecule has 0 saturated carbocycles. The summed E-state index contributed by atoms with van der Waals surface area (Å²) in [5, 5.41) is 11.7. The molecule has 15 heavy (non-hydrogen) atoms. The third-order valence-electron chi connectivity index (χ3n) is 3.31. The van der Waals surface area contributed by atoms with Crippen molar-refractivity contribution < 1.29 is 4.79 Å². The van der Waals surface area contributed by atoms with Gasteiger partial charge in [0, 0.05) is 19.0 Å². The number of hydrogen-bond donors (Lipinski definition) is 1. The molecule has 84 valence electrons. The molecular formula is C11H19N3O. The van der Waals surface area contributed by atoms with Crippen molar-refractivity contribution in [3.8, 4) is 6.07 Å². The number of hydrogen-bond acceptors (Lipinski definition) is 3. The maximum absolute atomic E-state index is 12.0. The van der Waals surface area contributed by atoms with E-state index < -0.39 is 0 Å². The van der Waals surface area contributed by atoms with Crippen molar-refractivity contribution in [3.05, 3.63) is 0 Å². The minimum absolute atomic E-state index is 0.0120. The molecule has 1 N–H and O–H groups in total. The predicted octanol–water partition coefficient (Wildman–Crippen LogP) is 0.602. The Kier molecular flexibility index (Phi) is 4.10. The SMILES string of the molecule is CC(C(=O)N(C)C(C)CC#N)C1CNC1. The van der Waals surface area contributed by atoms with Crippen LogP contribution >= 0.6 is 0 Å². The van der Waals surface area contributed by atoms with Crippen molar-refractivity contribution in [2.24, 2.45) is 11.8 Å². The van der Waals surface area contributed by atoms with Gasteiger partial charge in [0.2, 0.25) is 5.91 Å². The van der Waals surface area contributed by atoms with Crippen LogP contribution in [0.15, 0.2) is 0 Å². The number of nitrogens with one attached hydrogen (secondary N) is 1. The highest BCUT2D eigenvalue weighted by molar-refractivity contribution is 5.79. The average Bonchev–Trinajstić information content (AvgIpc) is 2.13. The van der Waals surface area contributed by atoms with Crippen molar-refractivity contribution in [1.29, 1.82) is 5.26 Å². The average molecular weight is 209 g/mol. The molecule has 1 aliphatic rings. The maximum atomic E-state index is 12.0. The van der Waals surface area contributed by atoms with Crippen LogP contribution in [0.2, 0.25) is 0 Å². The van der Waals surface area contributed by atoms with Crippen LogP contribution in [-0.2, 0) is 4.79 Å². The molecule has 1 aliphatic heterocycles. The van der Waals surface area contributed by atoms with Crippen LogP contribution in [-0.4, -0.2) is 37.0 Å². The summed E-state index contributed by atoms with van der Waals surface area (Å²) in [6, 6.07) is 2.11. The van der Waals surface area contributed by atoms with E-state index in [1.54, 1.807) is 11.9 Å². The Hall–Kier alpha value is -1.08. The predicted molar refractivity (Wildman–Crippen MR) is 58.0 cm³/mol. The van der Waals surface area contributed by atoms with E-state index in [9.17, 15) is 4.79 Å². The van der Waals surface area contributed by atoms with Gasteiger partial charge < -0.3 is 10.2 Å². The lowest BCUT2D eigenvalue weighted by Gasteiger charge is -2.35. The van der Waals surface area contributed by atoms with E-state index in [0.29, 0.717) is 12.3 Å². The Bertz CT molecular complexity index is 267. The quantitative estimate of drug-likeness (QED) is 0.737. The summed E-state index contributed by atoms with van der Waals surface area (Å²) in [5.41, 5.74) is 0. The highest BCUT2D eigenvalue weighted by Gasteiger charge is 2.31. The first-order valence-corrected chi connectivity index (χ1v) is 5.42. The topological polar surface area (TPSA) is 56.1 Å². The van der Waals surface area contributed by atoms with E-state index in [4.69, 9.17) is 5.26 Å². The molecule has 1 fully saturated rings. The van der Waals surface area contributed by atoms with E-state index in [-0.39, 0.29) is 17.9 Å². The van der Waals surface area contributed by atoms with Gasteiger partial charge in [-0.3, -0.25) is 4.79 Å². The van der Waals surface area contributed by atoms with Gasteiger partial charge in [-0.25, -0.2) is 0 Å². The molecule has 0 aliphatic carbocycles. The monoisotopic (exact) mass is 209 g/mol. The van der Waals surface area contributed by atoms with Crippen LogP contribution in [0, 0.1) is 23.2 Å². The molecule has 4 heteroatoms. The van der Waals surface area contributed by atoms with E-state index in [1.807, 2.05) is 13.8 Å². The molecule has 2 atom stereocenters. The molecular weight excluding hydrogens is 190 g/mol. The molecule has 0 aromatic carbocycles. The van der Waals surface area contributed by atoms with Gasteiger partial charge in [0.1, 0.15) is 0 Å². The maximum Gasteiger partial charge on any atom is 0.225 e. The molecule has 1 amide bonds. The lowest BCUT2D eigenvalue weighted by Crippen LogP contribution is -2.51. The second kappa shape index (κ2) is 5.13. The number of nitrogens with zero attached hydrogens (tertiary/aromatic N) is 2. The Labute approximate surface area is 91.2 Å². The van der Waals surface area contributed by atoms with Crippen molar-refractivity contribution in [3.63, 3.8) is 0 Å². The van der Waals surface area contributed by atoms with E-state index in [1.165, 1.54) is 0 Å². The van der Waals surface area contributed by atoms with Crippen LogP contribution in [0.25, 0.3) is 0 Å². The van der Waals surface area contributed by atoms with Crippen molar-refractivity contribution in [2.45, 2.75) is 26.3 Å². The summed E-state index contributed by atoms with van der Waals surface area (Å²) in [7, 11) is 1.78. The fraction of sp³-hybridized carbons (Fsp3) is 0.818. The van der Waals surface area contributed by atoms with Gasteiger partial charge in [0.05, 0.1) is 12.5 Å². The lowest BCUT2D eigenvalue weighted by atomic mass is 9.87. The van der Waals surface area contributed by atoms with Gasteiger partial charge >= 0.3 is 0 Å². The first-order valence-electron chi connectivity index (χ1n) is 5.42. The zero-order valence-corrected chi connectivity index (χ0v) is 9.66. The van der Waals surface area contributed by atoms with Crippen molar-refractivity contribution >= 4 is 5.91 Å². The highest BCUT2D eigenvalue weighted by Crippen LogP contribution is 2.19. The molecule has 1 rings (SSSR count). The fourth-order valence-electron chi connectivity index (χ4n) is 1.67. The molecule has 1 heterocycles. The van der Waals surface area contributed by atoms with Gasteiger partial charge in [0.15, 0.2) is 0 Å². The molecule has 0 aromatic rings.